The van der Waals surface area contributed by atoms with Gasteiger partial charge in [-0.3, -0.25) is 4.98 Å². The van der Waals surface area contributed by atoms with Crippen molar-refractivity contribution >= 4 is 15.7 Å². The lowest BCUT2D eigenvalue weighted by Crippen LogP contribution is -2.36. The van der Waals surface area contributed by atoms with E-state index in [1.807, 2.05) is 13.0 Å². The average Bonchev–Trinajstić information content (AvgIpc) is 2.48. The van der Waals surface area contributed by atoms with Crippen LogP contribution in [0.4, 0.5) is 0 Å². The highest BCUT2D eigenvalue weighted by Gasteiger charge is 2.16. The summed E-state index contributed by atoms with van der Waals surface area (Å²) in [5.41, 5.74) is 5.31. The molecule has 1 aromatic heterocycles. The summed E-state index contributed by atoms with van der Waals surface area (Å²) in [6.07, 6.45) is 3.23. The fraction of sp³-hybridized carbons (Fsp3) is 0.133. The number of sulfonamides is 1. The van der Waals surface area contributed by atoms with Crippen LogP contribution in [-0.2, 0) is 10.0 Å². The maximum absolute atomic E-state index is 12.3. The third-order valence-electron chi connectivity index (χ3n) is 2.98. The second-order valence-electron chi connectivity index (χ2n) is 4.72. The number of aryl methyl sites for hydroxylation is 2. The normalized spacial score (nSPS) is 11.1. The molecular weight excluding hydrogens is 286 g/mol. The largest absolute Gasteiger partial charge is 0.308 e. The molecule has 0 aliphatic rings. The van der Waals surface area contributed by atoms with Crippen molar-refractivity contribution in [3.63, 3.8) is 0 Å². The Morgan fingerprint density at radius 2 is 2.00 bits per heavy atom. The number of hydrazine groups is 1. The Balaban J connectivity index is 2.15. The molecule has 2 aromatic rings. The first kappa shape index (κ1) is 15.2. The Kier molecular flexibility index (Phi) is 4.40. The molecule has 0 aliphatic carbocycles. The van der Waals surface area contributed by atoms with Crippen LogP contribution < -0.4 is 10.3 Å². The SMILES string of the molecule is C=C(NNS(=O)(=O)c1cc(C)ccc1C)c1cccnc1. The fourth-order valence-corrected chi connectivity index (χ4v) is 2.99. The Labute approximate surface area is 124 Å². The Bertz CT molecular complexity index is 756. The molecule has 1 aromatic carbocycles. The standard InChI is InChI=1S/C15H17N3O2S/c1-11-6-7-12(2)15(9-11)21(19,20)18-17-13(3)14-5-4-8-16-10-14/h4-10,17-18H,3H2,1-2H3. The van der Waals surface area contributed by atoms with Gasteiger partial charge in [0.05, 0.1) is 10.6 Å². The summed E-state index contributed by atoms with van der Waals surface area (Å²) in [7, 11) is -3.66. The summed E-state index contributed by atoms with van der Waals surface area (Å²) in [5.74, 6) is 0. The Morgan fingerprint density at radius 3 is 2.67 bits per heavy atom. The van der Waals surface area contributed by atoms with Gasteiger partial charge >= 0.3 is 0 Å². The van der Waals surface area contributed by atoms with Crippen LogP contribution in [0.3, 0.4) is 0 Å². The van der Waals surface area contributed by atoms with Gasteiger partial charge in [0.15, 0.2) is 0 Å². The van der Waals surface area contributed by atoms with E-state index in [9.17, 15) is 8.42 Å². The molecule has 0 atom stereocenters. The van der Waals surface area contributed by atoms with E-state index in [2.05, 4.69) is 21.8 Å². The minimum Gasteiger partial charge on any atom is -0.308 e. The Hall–Kier alpha value is -2.18. The number of hydrogen-bond acceptors (Lipinski definition) is 4. The first-order chi connectivity index (χ1) is 9.90. The molecule has 0 aliphatic heterocycles. The van der Waals surface area contributed by atoms with Crippen LogP contribution in [0.1, 0.15) is 16.7 Å². The molecule has 21 heavy (non-hydrogen) atoms. The third kappa shape index (κ3) is 3.68. The summed E-state index contributed by atoms with van der Waals surface area (Å²) in [4.78, 5) is 6.54. The van der Waals surface area contributed by atoms with E-state index >= 15 is 0 Å². The molecule has 0 amide bonds. The van der Waals surface area contributed by atoms with Gasteiger partial charge in [-0.2, -0.15) is 0 Å². The van der Waals surface area contributed by atoms with E-state index in [4.69, 9.17) is 0 Å². The van der Waals surface area contributed by atoms with Crippen LogP contribution >= 0.6 is 0 Å². The predicted octanol–water partition coefficient (Wildman–Crippen LogP) is 2.15. The number of hydrogen-bond donors (Lipinski definition) is 2. The summed E-state index contributed by atoms with van der Waals surface area (Å²) in [6.45, 7) is 7.39. The van der Waals surface area contributed by atoms with Crippen molar-refractivity contribution in [1.29, 1.82) is 0 Å². The number of pyridine rings is 1. The van der Waals surface area contributed by atoms with Gasteiger partial charge in [0.2, 0.25) is 0 Å². The van der Waals surface area contributed by atoms with Crippen LogP contribution in [-0.4, -0.2) is 13.4 Å². The topological polar surface area (TPSA) is 71.1 Å². The summed E-state index contributed by atoms with van der Waals surface area (Å²) < 4.78 is 24.6. The number of benzene rings is 1. The molecule has 5 nitrogen and oxygen atoms in total. The smallest absolute Gasteiger partial charge is 0.257 e. The zero-order valence-corrected chi connectivity index (χ0v) is 12.7. The van der Waals surface area contributed by atoms with Crippen molar-refractivity contribution in [3.8, 4) is 0 Å². The molecular formula is C15H17N3O2S. The average molecular weight is 303 g/mol. The predicted molar refractivity (Wildman–Crippen MR) is 82.6 cm³/mol. The van der Waals surface area contributed by atoms with E-state index in [-0.39, 0.29) is 4.90 Å². The van der Waals surface area contributed by atoms with Gasteiger partial charge in [0, 0.05) is 18.0 Å². The zero-order chi connectivity index (χ0) is 15.5. The molecule has 0 spiro atoms. The van der Waals surface area contributed by atoms with Crippen LogP contribution in [0.5, 0.6) is 0 Å². The summed E-state index contributed by atoms with van der Waals surface area (Å²) >= 11 is 0. The minimum absolute atomic E-state index is 0.244. The van der Waals surface area contributed by atoms with E-state index in [0.29, 0.717) is 16.8 Å². The van der Waals surface area contributed by atoms with Gasteiger partial charge in [0.25, 0.3) is 10.0 Å². The lowest BCUT2D eigenvalue weighted by atomic mass is 10.2. The van der Waals surface area contributed by atoms with E-state index in [0.717, 1.165) is 5.56 Å². The Morgan fingerprint density at radius 1 is 1.24 bits per heavy atom. The van der Waals surface area contributed by atoms with Gasteiger partial charge in [-0.1, -0.05) is 18.7 Å². The van der Waals surface area contributed by atoms with Crippen molar-refractivity contribution in [2.45, 2.75) is 18.7 Å². The number of nitrogens with one attached hydrogen (secondary N) is 2. The van der Waals surface area contributed by atoms with Gasteiger partial charge in [-0.25, -0.2) is 8.42 Å². The van der Waals surface area contributed by atoms with E-state index in [1.165, 1.54) is 0 Å². The molecule has 0 unspecified atom stereocenters. The molecule has 110 valence electrons. The van der Waals surface area contributed by atoms with Gasteiger partial charge < -0.3 is 5.43 Å². The van der Waals surface area contributed by atoms with Crippen molar-refractivity contribution in [2.75, 3.05) is 0 Å². The van der Waals surface area contributed by atoms with Crippen molar-refractivity contribution in [3.05, 3.63) is 66.0 Å². The number of rotatable bonds is 5. The van der Waals surface area contributed by atoms with Crippen molar-refractivity contribution < 1.29 is 8.42 Å². The van der Waals surface area contributed by atoms with Crippen LogP contribution in [0, 0.1) is 13.8 Å². The molecule has 0 saturated heterocycles. The van der Waals surface area contributed by atoms with Gasteiger partial charge in [-0.05, 0) is 43.2 Å². The monoisotopic (exact) mass is 303 g/mol. The highest BCUT2D eigenvalue weighted by Crippen LogP contribution is 2.16. The molecule has 0 saturated carbocycles. The second-order valence-corrected chi connectivity index (χ2v) is 6.37. The van der Waals surface area contributed by atoms with Gasteiger partial charge in [0.1, 0.15) is 0 Å². The second kappa shape index (κ2) is 6.07. The van der Waals surface area contributed by atoms with E-state index in [1.54, 1.807) is 43.6 Å². The molecule has 0 bridgehead atoms. The molecule has 0 radical (unpaired) electrons. The van der Waals surface area contributed by atoms with Crippen molar-refractivity contribution in [1.82, 2.24) is 15.2 Å². The van der Waals surface area contributed by atoms with Crippen molar-refractivity contribution in [2.24, 2.45) is 0 Å². The van der Waals surface area contributed by atoms with Crippen LogP contribution in [0.25, 0.3) is 5.70 Å². The maximum Gasteiger partial charge on any atom is 0.257 e. The maximum atomic E-state index is 12.3. The number of nitrogens with zero attached hydrogens (tertiary/aromatic N) is 1. The quantitative estimate of drug-likeness (QED) is 0.830. The third-order valence-corrected chi connectivity index (χ3v) is 4.37. The molecule has 2 N–H and O–H groups in total. The van der Waals surface area contributed by atoms with Gasteiger partial charge in [-0.15, -0.1) is 4.83 Å². The molecule has 1 heterocycles. The van der Waals surface area contributed by atoms with Crippen LogP contribution in [0.2, 0.25) is 0 Å². The minimum atomic E-state index is -3.66. The molecule has 0 fully saturated rings. The first-order valence-corrected chi connectivity index (χ1v) is 7.83. The first-order valence-electron chi connectivity index (χ1n) is 6.34. The fourth-order valence-electron chi connectivity index (χ4n) is 1.79. The number of aromatic nitrogens is 1. The molecule has 2 rings (SSSR count). The van der Waals surface area contributed by atoms with E-state index < -0.39 is 10.0 Å². The lowest BCUT2D eigenvalue weighted by molar-refractivity contribution is 0.575. The highest BCUT2D eigenvalue weighted by molar-refractivity contribution is 7.89. The lowest BCUT2D eigenvalue weighted by Gasteiger charge is -2.13. The van der Waals surface area contributed by atoms with Crippen LogP contribution in [0.15, 0.2) is 54.2 Å². The molecule has 6 heteroatoms. The zero-order valence-electron chi connectivity index (χ0n) is 11.9. The highest BCUT2D eigenvalue weighted by atomic mass is 32.2. The summed E-state index contributed by atoms with van der Waals surface area (Å²) in [6, 6.07) is 8.82. The summed E-state index contributed by atoms with van der Waals surface area (Å²) in [5, 5.41) is 0.